The Kier molecular flexibility index (Phi) is 2.42. The summed E-state index contributed by atoms with van der Waals surface area (Å²) in [5.41, 5.74) is 11.7. The van der Waals surface area contributed by atoms with Gasteiger partial charge in [0.15, 0.2) is 0 Å². The van der Waals surface area contributed by atoms with E-state index in [1.165, 1.54) is 25.3 Å². The van der Waals surface area contributed by atoms with Gasteiger partial charge >= 0.3 is 5.97 Å². The van der Waals surface area contributed by atoms with Gasteiger partial charge in [-0.25, -0.2) is 0 Å². The lowest BCUT2D eigenvalue weighted by Crippen LogP contribution is -2.27. The predicted molar refractivity (Wildman–Crippen MR) is 48.4 cm³/mol. The summed E-state index contributed by atoms with van der Waals surface area (Å²) < 4.78 is 4.43. The third-order valence-corrected chi connectivity index (χ3v) is 1.64. The van der Waals surface area contributed by atoms with E-state index in [4.69, 9.17) is 11.5 Å². The molecule has 0 aliphatic heterocycles. The van der Waals surface area contributed by atoms with Crippen LogP contribution in [0, 0.1) is 0 Å². The van der Waals surface area contributed by atoms with E-state index in [-0.39, 0.29) is 5.56 Å². The summed E-state index contributed by atoms with van der Waals surface area (Å²) in [4.78, 5) is 0. The van der Waals surface area contributed by atoms with Crippen molar-refractivity contribution < 1.29 is 14.9 Å². The minimum atomic E-state index is -2.34. The largest absolute Gasteiger partial charge is 0.399 e. The average molecular weight is 184 g/mol. The minimum absolute atomic E-state index is 0.104. The highest BCUT2D eigenvalue weighted by atomic mass is 16.8. The number of nitrogen functional groups attached to an aromatic ring is 2. The molecule has 1 rings (SSSR count). The lowest BCUT2D eigenvalue weighted by Gasteiger charge is -2.20. The quantitative estimate of drug-likeness (QED) is 0.370. The standard InChI is InChI=1S/C8H12N2O3/c1-13-8(11,12)5-2-6(9)4-7(10)3-5/h2-4,11-12H,9-10H2,1H3. The lowest BCUT2D eigenvalue weighted by molar-refractivity contribution is -0.338. The highest BCUT2D eigenvalue weighted by Gasteiger charge is 2.25. The van der Waals surface area contributed by atoms with Gasteiger partial charge in [-0.3, -0.25) is 0 Å². The Hall–Kier alpha value is -1.30. The van der Waals surface area contributed by atoms with Crippen molar-refractivity contribution in [2.45, 2.75) is 5.97 Å². The van der Waals surface area contributed by atoms with Gasteiger partial charge in [0.2, 0.25) is 0 Å². The van der Waals surface area contributed by atoms with Gasteiger partial charge in [-0.1, -0.05) is 0 Å². The van der Waals surface area contributed by atoms with E-state index in [1.54, 1.807) is 0 Å². The van der Waals surface area contributed by atoms with E-state index in [9.17, 15) is 10.2 Å². The molecule has 0 bridgehead atoms. The molecule has 0 spiro atoms. The lowest BCUT2D eigenvalue weighted by atomic mass is 10.1. The van der Waals surface area contributed by atoms with Crippen molar-refractivity contribution in [3.63, 3.8) is 0 Å². The van der Waals surface area contributed by atoms with Crippen LogP contribution in [0.4, 0.5) is 11.4 Å². The molecule has 0 radical (unpaired) electrons. The zero-order chi connectivity index (χ0) is 10.1. The van der Waals surface area contributed by atoms with Crippen LogP contribution in [0.2, 0.25) is 0 Å². The van der Waals surface area contributed by atoms with Crippen molar-refractivity contribution in [3.8, 4) is 0 Å². The summed E-state index contributed by atoms with van der Waals surface area (Å²) in [7, 11) is 1.17. The molecule has 5 heteroatoms. The van der Waals surface area contributed by atoms with Crippen molar-refractivity contribution in [2.24, 2.45) is 0 Å². The SMILES string of the molecule is COC(O)(O)c1cc(N)cc(N)c1. The molecule has 0 atom stereocenters. The first-order chi connectivity index (χ1) is 5.95. The number of anilines is 2. The van der Waals surface area contributed by atoms with Crippen LogP contribution in [-0.2, 0) is 10.7 Å². The fraction of sp³-hybridized carbons (Fsp3) is 0.250. The fourth-order valence-corrected chi connectivity index (χ4v) is 0.982. The molecule has 72 valence electrons. The number of benzene rings is 1. The maximum Gasteiger partial charge on any atom is 0.306 e. The molecule has 6 N–H and O–H groups in total. The third-order valence-electron chi connectivity index (χ3n) is 1.64. The summed E-state index contributed by atoms with van der Waals surface area (Å²) in [6.07, 6.45) is 0. The zero-order valence-electron chi connectivity index (χ0n) is 7.19. The number of nitrogens with two attached hydrogens (primary N) is 2. The van der Waals surface area contributed by atoms with Crippen LogP contribution in [0.15, 0.2) is 18.2 Å². The van der Waals surface area contributed by atoms with Gasteiger partial charge in [0.1, 0.15) is 0 Å². The first-order valence-corrected chi connectivity index (χ1v) is 3.62. The molecular weight excluding hydrogens is 172 g/mol. The molecule has 0 unspecified atom stereocenters. The average Bonchev–Trinajstić information content (AvgIpc) is 2.02. The maximum absolute atomic E-state index is 9.27. The Labute approximate surface area is 75.5 Å². The topological polar surface area (TPSA) is 102 Å². The van der Waals surface area contributed by atoms with Crippen LogP contribution in [0.3, 0.4) is 0 Å². The van der Waals surface area contributed by atoms with E-state index in [1.807, 2.05) is 0 Å². The smallest absolute Gasteiger partial charge is 0.306 e. The molecule has 0 aromatic heterocycles. The first-order valence-electron chi connectivity index (χ1n) is 3.62. The molecular formula is C8H12N2O3. The zero-order valence-corrected chi connectivity index (χ0v) is 7.19. The van der Waals surface area contributed by atoms with E-state index >= 15 is 0 Å². The molecule has 0 saturated carbocycles. The molecule has 1 aromatic rings. The Morgan fingerprint density at radius 1 is 1.15 bits per heavy atom. The Bertz CT molecular complexity index is 292. The van der Waals surface area contributed by atoms with Crippen molar-refractivity contribution in [3.05, 3.63) is 23.8 Å². The molecule has 0 amide bonds. The van der Waals surface area contributed by atoms with E-state index in [0.717, 1.165) is 0 Å². The number of methoxy groups -OCH3 is 1. The fourth-order valence-electron chi connectivity index (χ4n) is 0.982. The summed E-state index contributed by atoms with van der Waals surface area (Å²) in [5.74, 6) is -2.34. The van der Waals surface area contributed by atoms with E-state index in [0.29, 0.717) is 11.4 Å². The number of rotatable bonds is 2. The highest BCUT2D eigenvalue weighted by molar-refractivity contribution is 5.54. The number of hydrogen-bond donors (Lipinski definition) is 4. The Morgan fingerprint density at radius 2 is 1.62 bits per heavy atom. The predicted octanol–water partition coefficient (Wildman–Crippen LogP) is -0.408. The minimum Gasteiger partial charge on any atom is -0.399 e. The van der Waals surface area contributed by atoms with Crippen LogP contribution in [0.5, 0.6) is 0 Å². The van der Waals surface area contributed by atoms with Crippen molar-refractivity contribution >= 4 is 11.4 Å². The number of aliphatic hydroxyl groups is 2. The molecule has 1 aromatic carbocycles. The normalized spacial score (nSPS) is 11.6. The Morgan fingerprint density at radius 3 is 2.00 bits per heavy atom. The van der Waals surface area contributed by atoms with Crippen molar-refractivity contribution in [2.75, 3.05) is 18.6 Å². The molecule has 0 aliphatic rings. The second kappa shape index (κ2) is 3.21. The van der Waals surface area contributed by atoms with Gasteiger partial charge in [-0.05, 0) is 18.2 Å². The van der Waals surface area contributed by atoms with Crippen LogP contribution in [0.25, 0.3) is 0 Å². The van der Waals surface area contributed by atoms with Gasteiger partial charge in [0.05, 0.1) is 0 Å². The second-order valence-electron chi connectivity index (χ2n) is 2.70. The van der Waals surface area contributed by atoms with Gasteiger partial charge < -0.3 is 26.4 Å². The summed E-state index contributed by atoms with van der Waals surface area (Å²) in [6, 6.07) is 4.26. The van der Waals surface area contributed by atoms with Crippen LogP contribution >= 0.6 is 0 Å². The molecule has 0 heterocycles. The van der Waals surface area contributed by atoms with Crippen molar-refractivity contribution in [1.29, 1.82) is 0 Å². The van der Waals surface area contributed by atoms with Crippen LogP contribution in [-0.4, -0.2) is 17.3 Å². The monoisotopic (exact) mass is 184 g/mol. The third kappa shape index (κ3) is 2.09. The van der Waals surface area contributed by atoms with Gasteiger partial charge in [-0.15, -0.1) is 0 Å². The number of hydrogen-bond acceptors (Lipinski definition) is 5. The maximum atomic E-state index is 9.27. The van der Waals surface area contributed by atoms with Crippen LogP contribution in [0.1, 0.15) is 5.56 Å². The van der Waals surface area contributed by atoms with Gasteiger partial charge in [-0.2, -0.15) is 0 Å². The number of ether oxygens (including phenoxy) is 1. The molecule has 0 fully saturated rings. The molecule has 0 aliphatic carbocycles. The van der Waals surface area contributed by atoms with E-state index in [2.05, 4.69) is 4.74 Å². The van der Waals surface area contributed by atoms with Gasteiger partial charge in [0.25, 0.3) is 0 Å². The van der Waals surface area contributed by atoms with Crippen molar-refractivity contribution in [1.82, 2.24) is 0 Å². The summed E-state index contributed by atoms with van der Waals surface area (Å²) in [6.45, 7) is 0. The first kappa shape index (κ1) is 9.79. The Balaban J connectivity index is 3.15. The highest BCUT2D eigenvalue weighted by Crippen LogP contribution is 2.23. The summed E-state index contributed by atoms with van der Waals surface area (Å²) >= 11 is 0. The molecule has 5 nitrogen and oxygen atoms in total. The second-order valence-corrected chi connectivity index (χ2v) is 2.70. The molecule has 13 heavy (non-hydrogen) atoms. The molecule has 0 saturated heterocycles. The van der Waals surface area contributed by atoms with Gasteiger partial charge in [0, 0.05) is 24.0 Å². The van der Waals surface area contributed by atoms with E-state index < -0.39 is 5.97 Å². The van der Waals surface area contributed by atoms with Crippen LogP contribution < -0.4 is 11.5 Å². The summed E-state index contributed by atoms with van der Waals surface area (Å²) in [5, 5.41) is 18.5.